The number of hydrogen-bond acceptors (Lipinski definition) is 3. The van der Waals surface area contributed by atoms with Crippen molar-refractivity contribution in [2.45, 2.75) is 40.3 Å². The number of hydrogen-bond donors (Lipinski definition) is 1. The van der Waals surface area contributed by atoms with Crippen LogP contribution >= 0.6 is 0 Å². The van der Waals surface area contributed by atoms with Crippen LogP contribution in [0.4, 0.5) is 0 Å². The van der Waals surface area contributed by atoms with Crippen molar-refractivity contribution in [1.82, 2.24) is 15.3 Å². The number of nitrogens with one attached hydrogen (secondary N) is 1. The molecule has 19 heavy (non-hydrogen) atoms. The SMILES string of the molecule is Cc1nccc(CNC(C)c2ccc(C)c(C)c2)n1. The maximum atomic E-state index is 4.40. The molecule has 0 amide bonds. The number of rotatable bonds is 4. The topological polar surface area (TPSA) is 37.8 Å². The predicted molar refractivity (Wildman–Crippen MR) is 77.9 cm³/mol. The highest BCUT2D eigenvalue weighted by Crippen LogP contribution is 2.17. The zero-order chi connectivity index (χ0) is 13.8. The normalized spacial score (nSPS) is 12.4. The molecule has 0 aliphatic carbocycles. The van der Waals surface area contributed by atoms with Gasteiger partial charge in [-0.15, -0.1) is 0 Å². The van der Waals surface area contributed by atoms with Gasteiger partial charge in [0.2, 0.25) is 0 Å². The van der Waals surface area contributed by atoms with Crippen LogP contribution < -0.4 is 5.32 Å². The van der Waals surface area contributed by atoms with Gasteiger partial charge in [-0.05, 0) is 50.5 Å². The van der Waals surface area contributed by atoms with Crippen molar-refractivity contribution < 1.29 is 0 Å². The molecular formula is C16H21N3. The van der Waals surface area contributed by atoms with Crippen LogP contribution in [0.3, 0.4) is 0 Å². The molecule has 1 unspecified atom stereocenters. The first-order chi connectivity index (χ1) is 9.06. The summed E-state index contributed by atoms with van der Waals surface area (Å²) in [5.74, 6) is 0.818. The molecule has 0 aliphatic rings. The fraction of sp³-hybridized carbons (Fsp3) is 0.375. The van der Waals surface area contributed by atoms with E-state index >= 15 is 0 Å². The highest BCUT2D eigenvalue weighted by atomic mass is 14.9. The molecule has 3 nitrogen and oxygen atoms in total. The van der Waals surface area contributed by atoms with E-state index in [0.29, 0.717) is 6.04 Å². The monoisotopic (exact) mass is 255 g/mol. The van der Waals surface area contributed by atoms with Crippen molar-refractivity contribution in [3.05, 3.63) is 58.7 Å². The highest BCUT2D eigenvalue weighted by molar-refractivity contribution is 5.31. The third-order valence-electron chi connectivity index (χ3n) is 3.45. The molecule has 1 aromatic heterocycles. The summed E-state index contributed by atoms with van der Waals surface area (Å²) in [4.78, 5) is 8.50. The first-order valence-electron chi connectivity index (χ1n) is 6.65. The third-order valence-corrected chi connectivity index (χ3v) is 3.45. The van der Waals surface area contributed by atoms with E-state index in [1.807, 2.05) is 13.0 Å². The van der Waals surface area contributed by atoms with Crippen LogP contribution in [0.25, 0.3) is 0 Å². The lowest BCUT2D eigenvalue weighted by atomic mass is 10.0. The van der Waals surface area contributed by atoms with Gasteiger partial charge in [-0.25, -0.2) is 9.97 Å². The average Bonchev–Trinajstić information content (AvgIpc) is 2.39. The summed E-state index contributed by atoms with van der Waals surface area (Å²) >= 11 is 0. The van der Waals surface area contributed by atoms with Gasteiger partial charge in [0.25, 0.3) is 0 Å². The van der Waals surface area contributed by atoms with E-state index in [0.717, 1.165) is 18.1 Å². The molecule has 0 saturated heterocycles. The average molecular weight is 255 g/mol. The van der Waals surface area contributed by atoms with Gasteiger partial charge >= 0.3 is 0 Å². The molecule has 0 bridgehead atoms. The van der Waals surface area contributed by atoms with E-state index in [2.05, 4.69) is 54.3 Å². The number of benzene rings is 1. The molecule has 1 heterocycles. The summed E-state index contributed by atoms with van der Waals surface area (Å²) in [6, 6.07) is 8.88. The van der Waals surface area contributed by atoms with E-state index in [9.17, 15) is 0 Å². The molecule has 2 aromatic rings. The Morgan fingerprint density at radius 1 is 1.11 bits per heavy atom. The fourth-order valence-corrected chi connectivity index (χ4v) is 2.01. The van der Waals surface area contributed by atoms with Crippen molar-refractivity contribution in [2.24, 2.45) is 0 Å². The summed E-state index contributed by atoms with van der Waals surface area (Å²) in [5.41, 5.74) is 5.02. The standard InChI is InChI=1S/C16H21N3/c1-11-5-6-15(9-12(11)2)13(3)18-10-16-7-8-17-14(4)19-16/h5-9,13,18H,10H2,1-4H3. The molecule has 0 spiro atoms. The molecule has 1 atom stereocenters. The molecule has 100 valence electrons. The van der Waals surface area contributed by atoms with Crippen LogP contribution in [0.1, 0.15) is 41.2 Å². The van der Waals surface area contributed by atoms with Crippen LogP contribution in [-0.2, 0) is 6.54 Å². The highest BCUT2D eigenvalue weighted by Gasteiger charge is 2.06. The number of aromatic nitrogens is 2. The summed E-state index contributed by atoms with van der Waals surface area (Å²) < 4.78 is 0. The Bertz CT molecular complexity index is 564. The third kappa shape index (κ3) is 3.61. The summed E-state index contributed by atoms with van der Waals surface area (Å²) in [7, 11) is 0. The first-order valence-corrected chi connectivity index (χ1v) is 6.65. The first kappa shape index (κ1) is 13.7. The van der Waals surface area contributed by atoms with Gasteiger partial charge < -0.3 is 5.32 Å². The molecule has 0 radical (unpaired) electrons. The van der Waals surface area contributed by atoms with Crippen molar-refractivity contribution in [3.8, 4) is 0 Å². The summed E-state index contributed by atoms with van der Waals surface area (Å²) in [5, 5.41) is 3.50. The molecule has 2 rings (SSSR count). The van der Waals surface area contributed by atoms with Crippen molar-refractivity contribution in [1.29, 1.82) is 0 Å². The van der Waals surface area contributed by atoms with Gasteiger partial charge in [0.15, 0.2) is 0 Å². The van der Waals surface area contributed by atoms with E-state index < -0.39 is 0 Å². The molecule has 0 saturated carbocycles. The van der Waals surface area contributed by atoms with Crippen LogP contribution in [0, 0.1) is 20.8 Å². The van der Waals surface area contributed by atoms with Crippen LogP contribution in [0.2, 0.25) is 0 Å². The lowest BCUT2D eigenvalue weighted by molar-refractivity contribution is 0.566. The fourth-order valence-electron chi connectivity index (χ4n) is 2.01. The van der Waals surface area contributed by atoms with Gasteiger partial charge in [0.05, 0.1) is 5.69 Å². The largest absolute Gasteiger partial charge is 0.305 e. The minimum absolute atomic E-state index is 0.314. The van der Waals surface area contributed by atoms with Crippen molar-refractivity contribution >= 4 is 0 Å². The Hall–Kier alpha value is -1.74. The van der Waals surface area contributed by atoms with E-state index in [1.165, 1.54) is 16.7 Å². The molecule has 1 aromatic carbocycles. The molecule has 0 aliphatic heterocycles. The quantitative estimate of drug-likeness (QED) is 0.911. The van der Waals surface area contributed by atoms with Gasteiger partial charge in [0, 0.05) is 18.8 Å². The van der Waals surface area contributed by atoms with Crippen molar-refractivity contribution in [3.63, 3.8) is 0 Å². The maximum absolute atomic E-state index is 4.40. The summed E-state index contributed by atoms with van der Waals surface area (Å²) in [6.07, 6.45) is 1.81. The van der Waals surface area contributed by atoms with E-state index in [-0.39, 0.29) is 0 Å². The molecule has 0 fully saturated rings. The second kappa shape index (κ2) is 5.93. The Labute approximate surface area is 115 Å². The van der Waals surface area contributed by atoms with Gasteiger partial charge in [-0.1, -0.05) is 18.2 Å². The van der Waals surface area contributed by atoms with Crippen LogP contribution in [-0.4, -0.2) is 9.97 Å². The van der Waals surface area contributed by atoms with E-state index in [1.54, 1.807) is 6.20 Å². The smallest absolute Gasteiger partial charge is 0.125 e. The predicted octanol–water partition coefficient (Wildman–Crippen LogP) is 3.25. The van der Waals surface area contributed by atoms with Gasteiger partial charge in [0.1, 0.15) is 5.82 Å². The molecule has 3 heteroatoms. The van der Waals surface area contributed by atoms with Crippen LogP contribution in [0.15, 0.2) is 30.5 Å². The zero-order valence-corrected chi connectivity index (χ0v) is 12.1. The lowest BCUT2D eigenvalue weighted by Gasteiger charge is -2.15. The Morgan fingerprint density at radius 3 is 2.58 bits per heavy atom. The lowest BCUT2D eigenvalue weighted by Crippen LogP contribution is -2.19. The Morgan fingerprint density at radius 2 is 1.89 bits per heavy atom. The van der Waals surface area contributed by atoms with Gasteiger partial charge in [-0.3, -0.25) is 0 Å². The Kier molecular flexibility index (Phi) is 4.27. The minimum atomic E-state index is 0.314. The molecular weight excluding hydrogens is 234 g/mol. The second-order valence-corrected chi connectivity index (χ2v) is 5.04. The van der Waals surface area contributed by atoms with Crippen molar-refractivity contribution in [2.75, 3.05) is 0 Å². The Balaban J connectivity index is 2.01. The summed E-state index contributed by atoms with van der Waals surface area (Å²) in [6.45, 7) is 9.14. The number of aryl methyl sites for hydroxylation is 3. The maximum Gasteiger partial charge on any atom is 0.125 e. The molecule has 1 N–H and O–H groups in total. The zero-order valence-electron chi connectivity index (χ0n) is 12.1. The van der Waals surface area contributed by atoms with Gasteiger partial charge in [-0.2, -0.15) is 0 Å². The number of nitrogens with zero attached hydrogens (tertiary/aromatic N) is 2. The van der Waals surface area contributed by atoms with Crippen LogP contribution in [0.5, 0.6) is 0 Å². The second-order valence-electron chi connectivity index (χ2n) is 5.04. The van der Waals surface area contributed by atoms with E-state index in [4.69, 9.17) is 0 Å². The minimum Gasteiger partial charge on any atom is -0.305 e.